The molecule has 0 unspecified atom stereocenters. The summed E-state index contributed by atoms with van der Waals surface area (Å²) in [6.07, 6.45) is 0.594. The average molecular weight is 185 g/mol. The maximum Gasteiger partial charge on any atom is 0.306 e. The first kappa shape index (κ1) is 10.5. The lowest BCUT2D eigenvalue weighted by atomic mass is 9.95. The number of nitrogens with zero attached hydrogens (tertiary/aromatic N) is 1. The van der Waals surface area contributed by atoms with Crippen molar-refractivity contribution in [3.05, 3.63) is 0 Å². The summed E-state index contributed by atoms with van der Waals surface area (Å²) in [5.41, 5.74) is 0. The molecular weight excluding hydrogens is 166 g/mol. The van der Waals surface area contributed by atoms with Gasteiger partial charge in [-0.05, 0) is 26.7 Å². The van der Waals surface area contributed by atoms with E-state index >= 15 is 0 Å². The summed E-state index contributed by atoms with van der Waals surface area (Å²) in [5.74, 6) is 0.484. The van der Waals surface area contributed by atoms with Crippen LogP contribution in [0.15, 0.2) is 0 Å². The minimum absolute atomic E-state index is 0.0455. The van der Waals surface area contributed by atoms with Crippen molar-refractivity contribution in [2.75, 3.05) is 19.7 Å². The molecule has 3 nitrogen and oxygen atoms in total. The number of carbonyl (C=O) groups excluding carboxylic acids is 1. The van der Waals surface area contributed by atoms with Crippen molar-refractivity contribution in [3.63, 3.8) is 0 Å². The van der Waals surface area contributed by atoms with E-state index in [1.807, 2.05) is 6.92 Å². The zero-order valence-corrected chi connectivity index (χ0v) is 8.75. The smallest absolute Gasteiger partial charge is 0.306 e. The molecule has 1 aliphatic heterocycles. The topological polar surface area (TPSA) is 29.5 Å². The number of likely N-dealkylation sites (tertiary alicyclic amines) is 1. The molecule has 13 heavy (non-hydrogen) atoms. The lowest BCUT2D eigenvalue weighted by Crippen LogP contribution is -2.50. The molecular formula is C10H19NO2. The predicted molar refractivity (Wildman–Crippen MR) is 51.4 cm³/mol. The van der Waals surface area contributed by atoms with Crippen LogP contribution in [0.25, 0.3) is 0 Å². The van der Waals surface area contributed by atoms with Crippen molar-refractivity contribution in [2.45, 2.75) is 33.2 Å². The van der Waals surface area contributed by atoms with Crippen molar-refractivity contribution in [1.82, 2.24) is 4.90 Å². The van der Waals surface area contributed by atoms with Gasteiger partial charge in [0.2, 0.25) is 0 Å². The second-order valence-corrected chi connectivity index (χ2v) is 3.92. The summed E-state index contributed by atoms with van der Waals surface area (Å²) in [7, 11) is 0. The molecule has 1 fully saturated rings. The molecule has 1 heterocycles. The van der Waals surface area contributed by atoms with Gasteiger partial charge in [0.05, 0.1) is 13.0 Å². The summed E-state index contributed by atoms with van der Waals surface area (Å²) < 4.78 is 4.89. The summed E-state index contributed by atoms with van der Waals surface area (Å²) in [6, 6.07) is 0.610. The summed E-state index contributed by atoms with van der Waals surface area (Å²) in [4.78, 5) is 13.4. The molecule has 0 aromatic rings. The molecule has 0 radical (unpaired) electrons. The van der Waals surface area contributed by atoms with Gasteiger partial charge in [0.15, 0.2) is 0 Å². The largest absolute Gasteiger partial charge is 0.466 e. The van der Waals surface area contributed by atoms with E-state index in [0.717, 1.165) is 13.1 Å². The van der Waals surface area contributed by atoms with E-state index in [0.29, 0.717) is 25.0 Å². The molecule has 0 spiro atoms. The fraction of sp³-hybridized carbons (Fsp3) is 0.900. The van der Waals surface area contributed by atoms with Gasteiger partial charge < -0.3 is 9.64 Å². The highest BCUT2D eigenvalue weighted by atomic mass is 16.5. The molecule has 0 aromatic carbocycles. The van der Waals surface area contributed by atoms with Gasteiger partial charge >= 0.3 is 5.97 Å². The van der Waals surface area contributed by atoms with Crippen LogP contribution < -0.4 is 0 Å². The van der Waals surface area contributed by atoms with Gasteiger partial charge in [-0.25, -0.2) is 0 Å². The van der Waals surface area contributed by atoms with Crippen LogP contribution in [0.2, 0.25) is 0 Å². The van der Waals surface area contributed by atoms with Crippen LogP contribution in [-0.2, 0) is 9.53 Å². The fourth-order valence-corrected chi connectivity index (χ4v) is 1.62. The highest BCUT2D eigenvalue weighted by molar-refractivity contribution is 5.69. The van der Waals surface area contributed by atoms with Gasteiger partial charge in [-0.15, -0.1) is 0 Å². The highest BCUT2D eigenvalue weighted by Crippen LogP contribution is 2.21. The molecule has 0 N–H and O–H groups in total. The van der Waals surface area contributed by atoms with Crippen molar-refractivity contribution in [1.29, 1.82) is 0 Å². The standard InChI is InChI=1S/C10H19NO2/c1-4-13-10(12)5-9-6-11(7-9)8(2)3/h8-9H,4-7H2,1-3H3. The Kier molecular flexibility index (Phi) is 3.72. The third-order valence-corrected chi connectivity index (χ3v) is 2.48. The zero-order chi connectivity index (χ0) is 9.84. The molecule has 1 rings (SSSR count). The number of carbonyl (C=O) groups is 1. The lowest BCUT2D eigenvalue weighted by Gasteiger charge is -2.41. The van der Waals surface area contributed by atoms with Crippen molar-refractivity contribution < 1.29 is 9.53 Å². The lowest BCUT2D eigenvalue weighted by molar-refractivity contribution is -0.145. The Morgan fingerprint density at radius 2 is 2.15 bits per heavy atom. The maximum atomic E-state index is 11.1. The second-order valence-electron chi connectivity index (χ2n) is 3.92. The fourth-order valence-electron chi connectivity index (χ4n) is 1.62. The third-order valence-electron chi connectivity index (χ3n) is 2.48. The van der Waals surface area contributed by atoms with E-state index in [9.17, 15) is 4.79 Å². The molecule has 1 aliphatic rings. The van der Waals surface area contributed by atoms with Crippen molar-refractivity contribution in [2.24, 2.45) is 5.92 Å². The van der Waals surface area contributed by atoms with Crippen LogP contribution >= 0.6 is 0 Å². The van der Waals surface area contributed by atoms with Gasteiger partial charge in [-0.3, -0.25) is 4.79 Å². The molecule has 0 saturated carbocycles. The number of rotatable bonds is 4. The summed E-state index contributed by atoms with van der Waals surface area (Å²) in [5, 5.41) is 0. The van der Waals surface area contributed by atoms with Crippen LogP contribution in [-0.4, -0.2) is 36.6 Å². The van der Waals surface area contributed by atoms with E-state index in [1.165, 1.54) is 0 Å². The number of hydrogen-bond acceptors (Lipinski definition) is 3. The minimum atomic E-state index is -0.0455. The van der Waals surface area contributed by atoms with Crippen LogP contribution in [0.5, 0.6) is 0 Å². The van der Waals surface area contributed by atoms with Gasteiger partial charge in [-0.2, -0.15) is 0 Å². The van der Waals surface area contributed by atoms with Gasteiger partial charge in [-0.1, -0.05) is 0 Å². The Hall–Kier alpha value is -0.570. The zero-order valence-electron chi connectivity index (χ0n) is 8.75. The first-order valence-electron chi connectivity index (χ1n) is 5.03. The molecule has 0 bridgehead atoms. The average Bonchev–Trinajstić information content (AvgIpc) is 1.95. The molecule has 0 aliphatic carbocycles. The van der Waals surface area contributed by atoms with Crippen LogP contribution in [0.3, 0.4) is 0 Å². The van der Waals surface area contributed by atoms with E-state index < -0.39 is 0 Å². The molecule has 0 atom stereocenters. The Morgan fingerprint density at radius 1 is 1.54 bits per heavy atom. The van der Waals surface area contributed by atoms with Crippen LogP contribution in [0, 0.1) is 5.92 Å². The quantitative estimate of drug-likeness (QED) is 0.618. The number of esters is 1. The van der Waals surface area contributed by atoms with E-state index in [1.54, 1.807) is 0 Å². The Balaban J connectivity index is 2.11. The maximum absolute atomic E-state index is 11.1. The molecule has 0 aromatic heterocycles. The SMILES string of the molecule is CCOC(=O)CC1CN(C(C)C)C1. The van der Waals surface area contributed by atoms with Crippen LogP contribution in [0.1, 0.15) is 27.2 Å². The van der Waals surface area contributed by atoms with E-state index in [2.05, 4.69) is 18.7 Å². The highest BCUT2D eigenvalue weighted by Gasteiger charge is 2.30. The van der Waals surface area contributed by atoms with Gasteiger partial charge in [0.1, 0.15) is 0 Å². The monoisotopic (exact) mass is 185 g/mol. The predicted octanol–water partition coefficient (Wildman–Crippen LogP) is 1.28. The molecule has 1 saturated heterocycles. The minimum Gasteiger partial charge on any atom is -0.466 e. The number of hydrogen-bond donors (Lipinski definition) is 0. The Labute approximate surface area is 80.1 Å². The van der Waals surface area contributed by atoms with E-state index in [4.69, 9.17) is 4.74 Å². The van der Waals surface area contributed by atoms with Crippen molar-refractivity contribution >= 4 is 5.97 Å². The Morgan fingerprint density at radius 3 is 2.62 bits per heavy atom. The first-order chi connectivity index (χ1) is 6.13. The molecule has 76 valence electrons. The van der Waals surface area contributed by atoms with Crippen molar-refractivity contribution in [3.8, 4) is 0 Å². The second kappa shape index (κ2) is 4.61. The Bertz CT molecular complexity index is 174. The normalized spacial score (nSPS) is 18.8. The van der Waals surface area contributed by atoms with Gasteiger partial charge in [0.25, 0.3) is 0 Å². The third kappa shape index (κ3) is 2.99. The summed E-state index contributed by atoms with van der Waals surface area (Å²) in [6.45, 7) is 8.81. The first-order valence-corrected chi connectivity index (χ1v) is 5.03. The van der Waals surface area contributed by atoms with Gasteiger partial charge in [0, 0.05) is 19.1 Å². The van der Waals surface area contributed by atoms with E-state index in [-0.39, 0.29) is 5.97 Å². The molecule has 3 heteroatoms. The van der Waals surface area contributed by atoms with Crippen LogP contribution in [0.4, 0.5) is 0 Å². The summed E-state index contributed by atoms with van der Waals surface area (Å²) >= 11 is 0. The molecule has 0 amide bonds. The number of ether oxygens (including phenoxy) is 1.